The van der Waals surface area contributed by atoms with Crippen LogP contribution in [-0.4, -0.2) is 31.6 Å². The number of rotatable bonds is 8. The fourth-order valence-corrected chi connectivity index (χ4v) is 1.20. The van der Waals surface area contributed by atoms with E-state index in [4.69, 9.17) is 0 Å². The summed E-state index contributed by atoms with van der Waals surface area (Å²) in [7, 11) is 0. The number of urea groups is 1. The first-order valence-electron chi connectivity index (χ1n) is 5.99. The number of hydrogen-bond donors (Lipinski definition) is 3. The van der Waals surface area contributed by atoms with Gasteiger partial charge >= 0.3 is 6.03 Å². The van der Waals surface area contributed by atoms with Crippen LogP contribution in [0.15, 0.2) is 0 Å². The topological polar surface area (TPSA) is 70.2 Å². The maximum atomic E-state index is 11.0. The van der Waals surface area contributed by atoms with Gasteiger partial charge in [0, 0.05) is 26.1 Å². The molecule has 0 atom stereocenters. The molecule has 94 valence electrons. The van der Waals surface area contributed by atoms with Crippen LogP contribution in [-0.2, 0) is 4.79 Å². The standard InChI is InChI=1S/C11H23N3O2/c1-3-10(15)13-8-6-5-7-9-14-11(16)12-4-2/h3-9H2,1-2H3,(H,13,15)(H2,12,14,16). The zero-order chi connectivity index (χ0) is 12.2. The molecular formula is C11H23N3O2. The molecule has 0 fully saturated rings. The molecule has 16 heavy (non-hydrogen) atoms. The lowest BCUT2D eigenvalue weighted by molar-refractivity contribution is -0.120. The molecule has 3 N–H and O–H groups in total. The Hall–Kier alpha value is -1.26. The summed E-state index contributed by atoms with van der Waals surface area (Å²) in [6, 6.07) is -0.109. The predicted molar refractivity (Wildman–Crippen MR) is 64.2 cm³/mol. The Morgan fingerprint density at radius 3 is 2.06 bits per heavy atom. The van der Waals surface area contributed by atoms with Crippen LogP contribution < -0.4 is 16.0 Å². The first-order chi connectivity index (χ1) is 7.70. The van der Waals surface area contributed by atoms with E-state index in [2.05, 4.69) is 16.0 Å². The number of carbonyl (C=O) groups is 2. The van der Waals surface area contributed by atoms with Crippen molar-refractivity contribution in [2.75, 3.05) is 19.6 Å². The van der Waals surface area contributed by atoms with Gasteiger partial charge in [-0.15, -0.1) is 0 Å². The molecule has 0 spiro atoms. The predicted octanol–water partition coefficient (Wildman–Crippen LogP) is 1.00. The smallest absolute Gasteiger partial charge is 0.314 e. The molecular weight excluding hydrogens is 206 g/mol. The Morgan fingerprint density at radius 2 is 1.50 bits per heavy atom. The molecule has 5 nitrogen and oxygen atoms in total. The van der Waals surface area contributed by atoms with Crippen LogP contribution in [0.1, 0.15) is 39.5 Å². The fraction of sp³-hybridized carbons (Fsp3) is 0.818. The van der Waals surface area contributed by atoms with E-state index in [1.807, 2.05) is 13.8 Å². The van der Waals surface area contributed by atoms with Crippen LogP contribution in [0.4, 0.5) is 4.79 Å². The van der Waals surface area contributed by atoms with Crippen LogP contribution in [0.25, 0.3) is 0 Å². The maximum absolute atomic E-state index is 11.0. The van der Waals surface area contributed by atoms with Crippen molar-refractivity contribution in [1.29, 1.82) is 0 Å². The van der Waals surface area contributed by atoms with Gasteiger partial charge in [-0.2, -0.15) is 0 Å². The van der Waals surface area contributed by atoms with Gasteiger partial charge in [0.1, 0.15) is 0 Å². The molecule has 0 aromatic carbocycles. The minimum absolute atomic E-state index is 0.0976. The van der Waals surface area contributed by atoms with Crippen LogP contribution >= 0.6 is 0 Å². The number of carbonyl (C=O) groups excluding carboxylic acids is 2. The zero-order valence-corrected chi connectivity index (χ0v) is 10.3. The van der Waals surface area contributed by atoms with Gasteiger partial charge in [-0.05, 0) is 26.2 Å². The monoisotopic (exact) mass is 229 g/mol. The molecule has 0 aromatic heterocycles. The second-order valence-electron chi connectivity index (χ2n) is 3.55. The number of unbranched alkanes of at least 4 members (excludes halogenated alkanes) is 2. The van der Waals surface area contributed by atoms with Crippen molar-refractivity contribution >= 4 is 11.9 Å². The van der Waals surface area contributed by atoms with Crippen molar-refractivity contribution in [3.8, 4) is 0 Å². The Morgan fingerprint density at radius 1 is 0.875 bits per heavy atom. The van der Waals surface area contributed by atoms with Crippen LogP contribution in [0.2, 0.25) is 0 Å². The Bertz CT molecular complexity index is 207. The van der Waals surface area contributed by atoms with Crippen molar-refractivity contribution in [3.05, 3.63) is 0 Å². The third-order valence-corrected chi connectivity index (χ3v) is 2.12. The maximum Gasteiger partial charge on any atom is 0.314 e. The Kier molecular flexibility index (Phi) is 9.46. The van der Waals surface area contributed by atoms with E-state index < -0.39 is 0 Å². The second kappa shape index (κ2) is 10.3. The summed E-state index contributed by atoms with van der Waals surface area (Å²) in [4.78, 5) is 21.9. The molecule has 0 aliphatic rings. The summed E-state index contributed by atoms with van der Waals surface area (Å²) in [6.45, 7) is 5.79. The lowest BCUT2D eigenvalue weighted by Crippen LogP contribution is -2.35. The van der Waals surface area contributed by atoms with Gasteiger partial charge < -0.3 is 16.0 Å². The Labute approximate surface area is 97.4 Å². The molecule has 0 unspecified atom stereocenters. The summed E-state index contributed by atoms with van der Waals surface area (Å²) >= 11 is 0. The molecule has 5 heteroatoms. The second-order valence-corrected chi connectivity index (χ2v) is 3.55. The molecule has 0 heterocycles. The zero-order valence-electron chi connectivity index (χ0n) is 10.3. The van der Waals surface area contributed by atoms with E-state index in [0.717, 1.165) is 25.8 Å². The molecule has 0 bridgehead atoms. The van der Waals surface area contributed by atoms with Crippen LogP contribution in [0.3, 0.4) is 0 Å². The Balaban J connectivity index is 3.15. The van der Waals surface area contributed by atoms with Gasteiger partial charge in [-0.25, -0.2) is 4.79 Å². The van der Waals surface area contributed by atoms with E-state index in [9.17, 15) is 9.59 Å². The van der Waals surface area contributed by atoms with E-state index in [1.165, 1.54) is 0 Å². The number of nitrogens with one attached hydrogen (secondary N) is 3. The third kappa shape index (κ3) is 9.30. The average Bonchev–Trinajstić information content (AvgIpc) is 2.27. The van der Waals surface area contributed by atoms with Crippen molar-refractivity contribution in [1.82, 2.24) is 16.0 Å². The summed E-state index contributed by atoms with van der Waals surface area (Å²) in [5.74, 6) is 0.0976. The van der Waals surface area contributed by atoms with Gasteiger partial charge in [0.15, 0.2) is 0 Å². The lowest BCUT2D eigenvalue weighted by Gasteiger charge is -2.06. The summed E-state index contributed by atoms with van der Waals surface area (Å²) in [5.41, 5.74) is 0. The fourth-order valence-electron chi connectivity index (χ4n) is 1.20. The van der Waals surface area contributed by atoms with Gasteiger partial charge in [-0.3, -0.25) is 4.79 Å². The summed E-state index contributed by atoms with van der Waals surface area (Å²) in [5, 5.41) is 8.23. The highest BCUT2D eigenvalue weighted by Gasteiger charge is 1.97. The van der Waals surface area contributed by atoms with Crippen molar-refractivity contribution in [3.63, 3.8) is 0 Å². The number of hydrogen-bond acceptors (Lipinski definition) is 2. The first-order valence-corrected chi connectivity index (χ1v) is 5.99. The minimum Gasteiger partial charge on any atom is -0.356 e. The van der Waals surface area contributed by atoms with Crippen LogP contribution in [0.5, 0.6) is 0 Å². The molecule has 0 rings (SSSR count). The quantitative estimate of drug-likeness (QED) is 0.543. The molecule has 3 amide bonds. The SMILES string of the molecule is CCNC(=O)NCCCCCNC(=O)CC. The van der Waals surface area contributed by atoms with Crippen molar-refractivity contribution in [2.24, 2.45) is 0 Å². The minimum atomic E-state index is -0.109. The third-order valence-electron chi connectivity index (χ3n) is 2.12. The first kappa shape index (κ1) is 14.7. The molecule has 0 aliphatic heterocycles. The van der Waals surface area contributed by atoms with E-state index >= 15 is 0 Å². The van der Waals surface area contributed by atoms with Crippen molar-refractivity contribution < 1.29 is 9.59 Å². The summed E-state index contributed by atoms with van der Waals surface area (Å²) < 4.78 is 0. The van der Waals surface area contributed by atoms with Gasteiger partial charge in [0.2, 0.25) is 5.91 Å². The number of amides is 3. The average molecular weight is 229 g/mol. The van der Waals surface area contributed by atoms with Crippen LogP contribution in [0, 0.1) is 0 Å². The summed E-state index contributed by atoms with van der Waals surface area (Å²) in [6.07, 6.45) is 3.46. The van der Waals surface area contributed by atoms with E-state index in [1.54, 1.807) is 0 Å². The van der Waals surface area contributed by atoms with E-state index in [0.29, 0.717) is 19.5 Å². The van der Waals surface area contributed by atoms with Gasteiger partial charge in [-0.1, -0.05) is 6.92 Å². The largest absolute Gasteiger partial charge is 0.356 e. The van der Waals surface area contributed by atoms with Gasteiger partial charge in [0.25, 0.3) is 0 Å². The molecule has 0 aliphatic carbocycles. The highest BCUT2D eigenvalue weighted by atomic mass is 16.2. The van der Waals surface area contributed by atoms with E-state index in [-0.39, 0.29) is 11.9 Å². The highest BCUT2D eigenvalue weighted by Crippen LogP contribution is 1.92. The van der Waals surface area contributed by atoms with Gasteiger partial charge in [0.05, 0.1) is 0 Å². The lowest BCUT2D eigenvalue weighted by atomic mass is 10.2. The highest BCUT2D eigenvalue weighted by molar-refractivity contribution is 5.75. The van der Waals surface area contributed by atoms with Crippen molar-refractivity contribution in [2.45, 2.75) is 39.5 Å². The molecule has 0 saturated carbocycles. The normalized spacial score (nSPS) is 9.62. The molecule has 0 radical (unpaired) electrons. The molecule has 0 saturated heterocycles. The molecule has 0 aromatic rings.